The van der Waals surface area contributed by atoms with Crippen LogP contribution in [0.25, 0.3) is 0 Å². The van der Waals surface area contributed by atoms with Crippen molar-refractivity contribution >= 4 is 11.8 Å². The van der Waals surface area contributed by atoms with Gasteiger partial charge in [0, 0.05) is 77.0 Å². The van der Waals surface area contributed by atoms with Gasteiger partial charge in [-0.1, -0.05) is 0 Å². The molecule has 3 rings (SSSR count). The second kappa shape index (κ2) is 9.49. The highest BCUT2D eigenvalue weighted by Crippen LogP contribution is 2.23. The Hall–Kier alpha value is -2.14. The lowest BCUT2D eigenvalue weighted by molar-refractivity contribution is -0.150. The van der Waals surface area contributed by atoms with Gasteiger partial charge in [-0.15, -0.1) is 0 Å². The third-order valence-electron chi connectivity index (χ3n) is 6.56. The fraction of sp³-hybridized carbons (Fsp3) is 0.750. The number of aromatic nitrogens is 2. The van der Waals surface area contributed by atoms with Crippen molar-refractivity contribution < 1.29 is 19.1 Å². The van der Waals surface area contributed by atoms with Crippen molar-refractivity contribution in [1.82, 2.24) is 30.4 Å². The quantitative estimate of drug-likeness (QED) is 0.642. The standard InChI is InChI=1S/C24H40N6O4/c1-21(2)13-29-11-17-9-25-10-18(26-17)12-30(16-23(5,33-7)19(31)27-21)14-22(3,4)28-20(32)24(6,15-29)34-8/h9-10H,11-16H2,1-8H3,(H,27,31)(H,28,32)/t23-,24+. The molecule has 0 fully saturated rings. The Bertz CT molecular complexity index is 853. The first-order valence-electron chi connectivity index (χ1n) is 11.7. The Morgan fingerprint density at radius 1 is 0.735 bits per heavy atom. The minimum Gasteiger partial charge on any atom is -0.367 e. The first-order valence-corrected chi connectivity index (χ1v) is 11.7. The van der Waals surface area contributed by atoms with Crippen LogP contribution in [-0.4, -0.2) is 94.3 Å². The molecule has 2 unspecified atom stereocenters. The summed E-state index contributed by atoms with van der Waals surface area (Å²) >= 11 is 0. The molecule has 2 aliphatic rings. The second-order valence-electron chi connectivity index (χ2n) is 11.3. The lowest BCUT2D eigenvalue weighted by Crippen LogP contribution is -2.65. The van der Waals surface area contributed by atoms with Gasteiger partial charge in [0.25, 0.3) is 11.8 Å². The summed E-state index contributed by atoms with van der Waals surface area (Å²) in [6, 6.07) is 0. The molecule has 3 heterocycles. The summed E-state index contributed by atoms with van der Waals surface area (Å²) in [5.74, 6) is -0.370. The summed E-state index contributed by atoms with van der Waals surface area (Å²) in [5.41, 5.74) is -1.85. The van der Waals surface area contributed by atoms with Crippen LogP contribution in [-0.2, 0) is 32.2 Å². The Labute approximate surface area is 202 Å². The second-order valence-corrected chi connectivity index (χ2v) is 11.3. The first-order chi connectivity index (χ1) is 15.7. The van der Waals surface area contributed by atoms with Gasteiger partial charge in [0.2, 0.25) is 0 Å². The zero-order chi connectivity index (χ0) is 25.4. The van der Waals surface area contributed by atoms with Gasteiger partial charge in [-0.25, -0.2) is 0 Å². The molecule has 0 radical (unpaired) electrons. The molecule has 2 aliphatic heterocycles. The smallest absolute Gasteiger partial charge is 0.253 e. The third-order valence-corrected chi connectivity index (χ3v) is 6.56. The number of rotatable bonds is 2. The van der Waals surface area contributed by atoms with E-state index >= 15 is 0 Å². The maximum atomic E-state index is 13.5. The van der Waals surface area contributed by atoms with E-state index < -0.39 is 22.3 Å². The van der Waals surface area contributed by atoms with Crippen molar-refractivity contribution in [3.05, 3.63) is 23.8 Å². The van der Waals surface area contributed by atoms with E-state index in [2.05, 4.69) is 25.4 Å². The lowest BCUT2D eigenvalue weighted by atomic mass is 9.95. The molecule has 2 N–H and O–H groups in total. The highest BCUT2D eigenvalue weighted by molar-refractivity contribution is 5.86. The summed E-state index contributed by atoms with van der Waals surface area (Å²) < 4.78 is 11.6. The van der Waals surface area contributed by atoms with Crippen molar-refractivity contribution in [2.75, 3.05) is 40.4 Å². The van der Waals surface area contributed by atoms with Crippen molar-refractivity contribution in [3.63, 3.8) is 0 Å². The molecule has 0 aromatic carbocycles. The van der Waals surface area contributed by atoms with Gasteiger partial charge in [-0.3, -0.25) is 29.4 Å². The molecule has 0 saturated heterocycles. The van der Waals surface area contributed by atoms with Crippen LogP contribution in [0.3, 0.4) is 0 Å². The predicted octanol–water partition coefficient (Wildman–Crippen LogP) is 0.708. The lowest BCUT2D eigenvalue weighted by Gasteiger charge is -2.43. The summed E-state index contributed by atoms with van der Waals surface area (Å²) in [7, 11) is 3.10. The molecule has 0 saturated carbocycles. The molecule has 1 aromatic rings. The van der Waals surface area contributed by atoms with Gasteiger partial charge in [0.15, 0.2) is 11.2 Å². The molecular weight excluding hydrogens is 436 g/mol. The average Bonchev–Trinajstić information content (AvgIpc) is 2.71. The minimum atomic E-state index is -1.10. The zero-order valence-corrected chi connectivity index (χ0v) is 21.8. The normalized spacial score (nSPS) is 34.1. The Balaban J connectivity index is 2.20. The molecule has 10 heteroatoms. The van der Waals surface area contributed by atoms with Gasteiger partial charge < -0.3 is 20.1 Å². The molecule has 4 bridgehead atoms. The maximum Gasteiger partial charge on any atom is 0.253 e. The van der Waals surface area contributed by atoms with Crippen molar-refractivity contribution in [1.29, 1.82) is 0 Å². The summed E-state index contributed by atoms with van der Waals surface area (Å²) in [5, 5.41) is 6.36. The first kappa shape index (κ1) is 26.5. The SMILES string of the molecule is CO[C@]1(C)CN2Cc3cncc(n3)CN(CC(C)(C)NC1=O)C[C@](C)(OC)C(=O)NC(C)(C)C2. The van der Waals surface area contributed by atoms with Gasteiger partial charge in [0.1, 0.15) is 0 Å². The van der Waals surface area contributed by atoms with E-state index in [9.17, 15) is 9.59 Å². The fourth-order valence-electron chi connectivity index (χ4n) is 4.79. The number of hydrogen-bond acceptors (Lipinski definition) is 8. The molecule has 10 nitrogen and oxygen atoms in total. The van der Waals surface area contributed by atoms with Crippen LogP contribution in [0.5, 0.6) is 0 Å². The molecule has 4 atom stereocenters. The topological polar surface area (TPSA) is 109 Å². The van der Waals surface area contributed by atoms with E-state index in [4.69, 9.17) is 14.5 Å². The Morgan fingerprint density at radius 2 is 1.12 bits per heavy atom. The number of carbonyl (C=O) groups is 2. The van der Waals surface area contributed by atoms with E-state index in [1.807, 2.05) is 27.7 Å². The fourth-order valence-corrected chi connectivity index (χ4v) is 4.79. The van der Waals surface area contributed by atoms with Crippen LogP contribution in [0.15, 0.2) is 12.4 Å². The number of methoxy groups -OCH3 is 2. The van der Waals surface area contributed by atoms with Crippen LogP contribution >= 0.6 is 0 Å². The number of nitrogens with one attached hydrogen (secondary N) is 2. The summed E-state index contributed by atoms with van der Waals surface area (Å²) in [6.07, 6.45) is 3.50. The van der Waals surface area contributed by atoms with E-state index in [1.165, 1.54) is 0 Å². The largest absolute Gasteiger partial charge is 0.367 e. The molecule has 0 spiro atoms. The highest BCUT2D eigenvalue weighted by Gasteiger charge is 2.43. The molecule has 2 amide bonds. The average molecular weight is 477 g/mol. The third kappa shape index (κ3) is 6.10. The number of fused-ring (bicyclic) bond motifs is 2. The number of ether oxygens (including phenoxy) is 2. The van der Waals surface area contributed by atoms with Gasteiger partial charge in [-0.2, -0.15) is 0 Å². The molecule has 1 aromatic heterocycles. The summed E-state index contributed by atoms with van der Waals surface area (Å²) in [4.78, 5) is 40.5. The van der Waals surface area contributed by atoms with Gasteiger partial charge in [-0.05, 0) is 41.5 Å². The number of hydrogen-bond donors (Lipinski definition) is 2. The van der Waals surface area contributed by atoms with Crippen molar-refractivity contribution in [2.45, 2.75) is 76.9 Å². The minimum absolute atomic E-state index is 0.185. The Kier molecular flexibility index (Phi) is 7.38. The number of amides is 2. The van der Waals surface area contributed by atoms with E-state index in [0.29, 0.717) is 39.3 Å². The number of nitrogens with zero attached hydrogens (tertiary/aromatic N) is 4. The van der Waals surface area contributed by atoms with Gasteiger partial charge in [0.05, 0.1) is 11.4 Å². The molecule has 34 heavy (non-hydrogen) atoms. The van der Waals surface area contributed by atoms with Crippen LogP contribution in [0.1, 0.15) is 52.9 Å². The van der Waals surface area contributed by atoms with Crippen molar-refractivity contribution in [3.8, 4) is 0 Å². The van der Waals surface area contributed by atoms with Crippen LogP contribution in [0, 0.1) is 0 Å². The summed E-state index contributed by atoms with van der Waals surface area (Å²) in [6.45, 7) is 13.9. The molecular formula is C24H40N6O4. The number of carbonyl (C=O) groups excluding carboxylic acids is 2. The molecule has 0 aliphatic carbocycles. The predicted molar refractivity (Wildman–Crippen MR) is 128 cm³/mol. The highest BCUT2D eigenvalue weighted by atomic mass is 16.5. The van der Waals surface area contributed by atoms with Crippen LogP contribution in [0.4, 0.5) is 0 Å². The Morgan fingerprint density at radius 3 is 1.47 bits per heavy atom. The van der Waals surface area contributed by atoms with E-state index in [1.54, 1.807) is 40.5 Å². The van der Waals surface area contributed by atoms with E-state index in [-0.39, 0.29) is 11.8 Å². The van der Waals surface area contributed by atoms with Crippen LogP contribution < -0.4 is 10.6 Å². The van der Waals surface area contributed by atoms with Gasteiger partial charge >= 0.3 is 0 Å². The van der Waals surface area contributed by atoms with E-state index in [0.717, 1.165) is 11.4 Å². The maximum absolute atomic E-state index is 13.5. The molecule has 190 valence electrons. The van der Waals surface area contributed by atoms with Crippen molar-refractivity contribution in [2.24, 2.45) is 0 Å². The monoisotopic (exact) mass is 476 g/mol. The zero-order valence-electron chi connectivity index (χ0n) is 21.8. The van der Waals surface area contributed by atoms with Crippen LogP contribution in [0.2, 0.25) is 0 Å².